The highest BCUT2D eigenvalue weighted by atomic mass is 16.5. The van der Waals surface area contributed by atoms with Gasteiger partial charge >= 0.3 is 0 Å². The second-order valence-corrected chi connectivity index (χ2v) is 3.49. The van der Waals surface area contributed by atoms with Crippen LogP contribution in [0, 0.1) is 0 Å². The Morgan fingerprint density at radius 3 is 2.93 bits per heavy atom. The van der Waals surface area contributed by atoms with E-state index in [0.29, 0.717) is 19.8 Å². The van der Waals surface area contributed by atoms with E-state index in [2.05, 4.69) is 5.32 Å². The van der Waals surface area contributed by atoms with Gasteiger partial charge < -0.3 is 20.7 Å². The van der Waals surface area contributed by atoms with Gasteiger partial charge in [0.2, 0.25) is 11.8 Å². The Bertz CT molecular complexity index is 245. The van der Waals surface area contributed by atoms with Crippen LogP contribution in [0.1, 0.15) is 6.92 Å². The SMILES string of the molecule is CC1COCCN1C(=O)CNC(=O)CN. The molecule has 86 valence electrons. The number of amides is 2. The van der Waals surface area contributed by atoms with Gasteiger partial charge in [-0.1, -0.05) is 0 Å². The third kappa shape index (κ3) is 3.49. The van der Waals surface area contributed by atoms with Crippen molar-refractivity contribution in [2.75, 3.05) is 32.8 Å². The van der Waals surface area contributed by atoms with Gasteiger partial charge in [0.15, 0.2) is 0 Å². The normalized spacial score (nSPS) is 21.2. The van der Waals surface area contributed by atoms with Crippen LogP contribution < -0.4 is 11.1 Å². The van der Waals surface area contributed by atoms with Crippen LogP contribution in [0.4, 0.5) is 0 Å². The first-order valence-corrected chi connectivity index (χ1v) is 4.99. The van der Waals surface area contributed by atoms with Crippen molar-refractivity contribution in [2.45, 2.75) is 13.0 Å². The topological polar surface area (TPSA) is 84.7 Å². The van der Waals surface area contributed by atoms with Crippen LogP contribution in [-0.4, -0.2) is 55.6 Å². The predicted molar refractivity (Wildman–Crippen MR) is 54.1 cm³/mol. The fraction of sp³-hybridized carbons (Fsp3) is 0.778. The van der Waals surface area contributed by atoms with Crippen molar-refractivity contribution in [3.05, 3.63) is 0 Å². The lowest BCUT2D eigenvalue weighted by Crippen LogP contribution is -2.50. The molecule has 1 atom stereocenters. The molecule has 0 bridgehead atoms. The Morgan fingerprint density at radius 1 is 1.60 bits per heavy atom. The van der Waals surface area contributed by atoms with Gasteiger partial charge in [0.1, 0.15) is 0 Å². The number of hydrogen-bond donors (Lipinski definition) is 2. The molecule has 2 amide bonds. The van der Waals surface area contributed by atoms with Crippen molar-refractivity contribution in [1.82, 2.24) is 10.2 Å². The lowest BCUT2D eigenvalue weighted by molar-refractivity contribution is -0.139. The molecule has 0 radical (unpaired) electrons. The molecule has 0 aromatic carbocycles. The van der Waals surface area contributed by atoms with Crippen LogP contribution in [0.25, 0.3) is 0 Å². The number of nitrogens with zero attached hydrogens (tertiary/aromatic N) is 1. The first-order valence-electron chi connectivity index (χ1n) is 4.99. The summed E-state index contributed by atoms with van der Waals surface area (Å²) in [5, 5.41) is 2.45. The smallest absolute Gasteiger partial charge is 0.242 e. The second kappa shape index (κ2) is 5.67. The summed E-state index contributed by atoms with van der Waals surface area (Å²) in [5.41, 5.74) is 5.11. The quantitative estimate of drug-likeness (QED) is 0.588. The number of morpholine rings is 1. The fourth-order valence-electron chi connectivity index (χ4n) is 1.45. The lowest BCUT2D eigenvalue weighted by atomic mass is 10.2. The second-order valence-electron chi connectivity index (χ2n) is 3.49. The minimum atomic E-state index is -0.315. The standard InChI is InChI=1S/C9H17N3O3/c1-7-6-15-3-2-12(7)9(14)5-11-8(13)4-10/h7H,2-6,10H2,1H3,(H,11,13). The number of carbonyl (C=O) groups excluding carboxylic acids is 2. The van der Waals surface area contributed by atoms with E-state index in [1.165, 1.54) is 0 Å². The van der Waals surface area contributed by atoms with Crippen molar-refractivity contribution in [3.63, 3.8) is 0 Å². The fourth-order valence-corrected chi connectivity index (χ4v) is 1.45. The number of carbonyl (C=O) groups is 2. The van der Waals surface area contributed by atoms with E-state index in [9.17, 15) is 9.59 Å². The third-order valence-corrected chi connectivity index (χ3v) is 2.31. The van der Waals surface area contributed by atoms with Crippen LogP contribution in [-0.2, 0) is 14.3 Å². The van der Waals surface area contributed by atoms with Crippen molar-refractivity contribution >= 4 is 11.8 Å². The maximum atomic E-state index is 11.6. The average molecular weight is 215 g/mol. The van der Waals surface area contributed by atoms with Gasteiger partial charge in [-0.2, -0.15) is 0 Å². The largest absolute Gasteiger partial charge is 0.377 e. The number of hydrogen-bond acceptors (Lipinski definition) is 4. The molecule has 0 spiro atoms. The molecule has 1 aliphatic rings. The van der Waals surface area contributed by atoms with E-state index in [1.54, 1.807) is 4.90 Å². The highest BCUT2D eigenvalue weighted by molar-refractivity contribution is 5.85. The summed E-state index contributed by atoms with van der Waals surface area (Å²) in [6.45, 7) is 3.53. The van der Waals surface area contributed by atoms with Gasteiger partial charge in [-0.3, -0.25) is 9.59 Å². The Hall–Kier alpha value is -1.14. The maximum Gasteiger partial charge on any atom is 0.242 e. The van der Waals surface area contributed by atoms with E-state index >= 15 is 0 Å². The molecular weight excluding hydrogens is 198 g/mol. The molecular formula is C9H17N3O3. The molecule has 1 fully saturated rings. The molecule has 1 aliphatic heterocycles. The molecule has 1 saturated heterocycles. The number of ether oxygens (including phenoxy) is 1. The van der Waals surface area contributed by atoms with Gasteiger partial charge in [-0.25, -0.2) is 0 Å². The minimum absolute atomic E-state index is 0.0143. The minimum Gasteiger partial charge on any atom is -0.377 e. The van der Waals surface area contributed by atoms with Gasteiger partial charge in [0.05, 0.1) is 32.3 Å². The third-order valence-electron chi connectivity index (χ3n) is 2.31. The van der Waals surface area contributed by atoms with E-state index in [0.717, 1.165) is 0 Å². The summed E-state index contributed by atoms with van der Waals surface area (Å²) in [4.78, 5) is 24.2. The molecule has 1 unspecified atom stereocenters. The molecule has 6 heteroatoms. The van der Waals surface area contributed by atoms with E-state index in [4.69, 9.17) is 10.5 Å². The number of rotatable bonds is 3. The molecule has 0 saturated carbocycles. The molecule has 0 aromatic heterocycles. The van der Waals surface area contributed by atoms with Gasteiger partial charge in [-0.05, 0) is 6.92 Å². The first-order chi connectivity index (χ1) is 7.15. The highest BCUT2D eigenvalue weighted by Crippen LogP contribution is 2.05. The Labute approximate surface area is 88.7 Å². The van der Waals surface area contributed by atoms with Gasteiger partial charge in [-0.15, -0.1) is 0 Å². The molecule has 0 aliphatic carbocycles. The molecule has 0 aromatic rings. The van der Waals surface area contributed by atoms with E-state index in [1.807, 2.05) is 6.92 Å². The highest BCUT2D eigenvalue weighted by Gasteiger charge is 2.23. The summed E-state index contributed by atoms with van der Waals surface area (Å²) >= 11 is 0. The van der Waals surface area contributed by atoms with Crippen LogP contribution in [0.5, 0.6) is 0 Å². The van der Waals surface area contributed by atoms with Gasteiger partial charge in [0.25, 0.3) is 0 Å². The van der Waals surface area contributed by atoms with E-state index < -0.39 is 0 Å². The number of nitrogens with one attached hydrogen (secondary N) is 1. The van der Waals surface area contributed by atoms with Crippen LogP contribution in [0.3, 0.4) is 0 Å². The zero-order chi connectivity index (χ0) is 11.3. The van der Waals surface area contributed by atoms with Crippen molar-refractivity contribution in [3.8, 4) is 0 Å². The Balaban J connectivity index is 2.35. The summed E-state index contributed by atoms with van der Waals surface area (Å²) in [5.74, 6) is -0.406. The van der Waals surface area contributed by atoms with Crippen molar-refractivity contribution in [1.29, 1.82) is 0 Å². The summed E-state index contributed by atoms with van der Waals surface area (Å²) in [6, 6.07) is 0.0704. The average Bonchev–Trinajstić information content (AvgIpc) is 2.26. The summed E-state index contributed by atoms with van der Waals surface area (Å²) in [7, 11) is 0. The Morgan fingerprint density at radius 2 is 2.33 bits per heavy atom. The maximum absolute atomic E-state index is 11.6. The zero-order valence-corrected chi connectivity index (χ0v) is 8.86. The monoisotopic (exact) mass is 215 g/mol. The van der Waals surface area contributed by atoms with Crippen LogP contribution in [0.2, 0.25) is 0 Å². The lowest BCUT2D eigenvalue weighted by Gasteiger charge is -2.33. The number of nitrogens with two attached hydrogens (primary N) is 1. The van der Waals surface area contributed by atoms with Crippen molar-refractivity contribution in [2.24, 2.45) is 5.73 Å². The van der Waals surface area contributed by atoms with Crippen LogP contribution >= 0.6 is 0 Å². The summed E-state index contributed by atoms with van der Waals surface area (Å²) in [6.07, 6.45) is 0. The van der Waals surface area contributed by atoms with Crippen LogP contribution in [0.15, 0.2) is 0 Å². The molecule has 15 heavy (non-hydrogen) atoms. The zero-order valence-electron chi connectivity index (χ0n) is 8.86. The molecule has 3 N–H and O–H groups in total. The first kappa shape index (κ1) is 11.9. The van der Waals surface area contributed by atoms with Gasteiger partial charge in [0, 0.05) is 6.54 Å². The molecule has 1 rings (SSSR count). The Kier molecular flexibility index (Phi) is 4.51. The van der Waals surface area contributed by atoms with Crippen molar-refractivity contribution < 1.29 is 14.3 Å². The van der Waals surface area contributed by atoms with E-state index in [-0.39, 0.29) is 30.9 Å². The molecule has 1 heterocycles. The summed E-state index contributed by atoms with van der Waals surface area (Å²) < 4.78 is 5.21. The molecule has 6 nitrogen and oxygen atoms in total. The predicted octanol–water partition coefficient (Wildman–Crippen LogP) is -1.69.